The molecule has 2 aromatic heterocycles. The summed E-state index contributed by atoms with van der Waals surface area (Å²) in [6.45, 7) is 5.88. The summed E-state index contributed by atoms with van der Waals surface area (Å²) < 4.78 is 5.84. The van der Waals surface area contributed by atoms with Crippen molar-refractivity contribution in [1.82, 2.24) is 15.3 Å². The molecule has 3 rings (SSSR count). The van der Waals surface area contributed by atoms with E-state index in [1.807, 2.05) is 43.3 Å². The molecule has 0 aliphatic heterocycles. The first-order valence-corrected chi connectivity index (χ1v) is 7.30. The van der Waals surface area contributed by atoms with Gasteiger partial charge in [-0.05, 0) is 38.1 Å². The number of para-hydroxylation sites is 1. The average Bonchev–Trinajstić information content (AvgIpc) is 2.91. The lowest BCUT2D eigenvalue weighted by Gasteiger charge is -2.05. The third kappa shape index (κ3) is 3.11. The first-order chi connectivity index (χ1) is 10.3. The van der Waals surface area contributed by atoms with Crippen LogP contribution in [-0.4, -0.2) is 16.5 Å². The monoisotopic (exact) mass is 281 g/mol. The summed E-state index contributed by atoms with van der Waals surface area (Å²) in [5.74, 6) is 1.37. The molecule has 1 aromatic carbocycles. The van der Waals surface area contributed by atoms with Gasteiger partial charge in [0.1, 0.15) is 5.58 Å². The van der Waals surface area contributed by atoms with Gasteiger partial charge in [0.2, 0.25) is 0 Å². The number of furan rings is 1. The van der Waals surface area contributed by atoms with Crippen LogP contribution in [0.5, 0.6) is 0 Å². The molecule has 21 heavy (non-hydrogen) atoms. The molecule has 108 valence electrons. The van der Waals surface area contributed by atoms with Crippen LogP contribution in [0.2, 0.25) is 0 Å². The SMILES string of the molecule is CCCNCc1cc(C)nc(-c2cc3ccccc3o2)n1. The van der Waals surface area contributed by atoms with E-state index in [1.54, 1.807) is 0 Å². The van der Waals surface area contributed by atoms with Crippen molar-refractivity contribution in [3.63, 3.8) is 0 Å². The van der Waals surface area contributed by atoms with E-state index < -0.39 is 0 Å². The largest absolute Gasteiger partial charge is 0.453 e. The Labute approximate surface area is 124 Å². The van der Waals surface area contributed by atoms with Crippen LogP contribution in [0.15, 0.2) is 40.8 Å². The maximum Gasteiger partial charge on any atom is 0.196 e. The summed E-state index contributed by atoms with van der Waals surface area (Å²) >= 11 is 0. The van der Waals surface area contributed by atoms with E-state index in [1.165, 1.54) is 0 Å². The fourth-order valence-corrected chi connectivity index (χ4v) is 2.32. The van der Waals surface area contributed by atoms with E-state index in [2.05, 4.69) is 22.2 Å². The average molecular weight is 281 g/mol. The Kier molecular flexibility index (Phi) is 3.97. The van der Waals surface area contributed by atoms with Crippen LogP contribution in [0.1, 0.15) is 24.7 Å². The van der Waals surface area contributed by atoms with Crippen LogP contribution in [0.3, 0.4) is 0 Å². The lowest BCUT2D eigenvalue weighted by Crippen LogP contribution is -2.15. The number of fused-ring (bicyclic) bond motifs is 1. The minimum absolute atomic E-state index is 0.652. The highest BCUT2D eigenvalue weighted by Crippen LogP contribution is 2.25. The molecule has 0 spiro atoms. The van der Waals surface area contributed by atoms with E-state index in [0.717, 1.165) is 47.6 Å². The Morgan fingerprint density at radius 3 is 2.81 bits per heavy atom. The minimum Gasteiger partial charge on any atom is -0.453 e. The third-order valence-electron chi connectivity index (χ3n) is 3.29. The predicted molar refractivity (Wildman–Crippen MR) is 84.0 cm³/mol. The molecule has 0 radical (unpaired) electrons. The zero-order valence-corrected chi connectivity index (χ0v) is 12.4. The summed E-state index contributed by atoms with van der Waals surface area (Å²) in [5, 5.41) is 4.44. The summed E-state index contributed by atoms with van der Waals surface area (Å²) in [6, 6.07) is 12.0. The number of nitrogens with one attached hydrogen (secondary N) is 1. The van der Waals surface area contributed by atoms with Gasteiger partial charge in [0, 0.05) is 17.6 Å². The number of hydrogen-bond donors (Lipinski definition) is 1. The van der Waals surface area contributed by atoms with E-state index in [0.29, 0.717) is 5.82 Å². The predicted octanol–water partition coefficient (Wildman–Crippen LogP) is 3.70. The molecule has 0 bridgehead atoms. The normalized spacial score (nSPS) is 11.1. The van der Waals surface area contributed by atoms with Crippen molar-refractivity contribution < 1.29 is 4.42 Å². The van der Waals surface area contributed by atoms with Gasteiger partial charge in [0.05, 0.1) is 5.69 Å². The van der Waals surface area contributed by atoms with Gasteiger partial charge in [0.25, 0.3) is 0 Å². The van der Waals surface area contributed by atoms with Crippen molar-refractivity contribution in [2.75, 3.05) is 6.54 Å². The zero-order chi connectivity index (χ0) is 14.7. The number of benzene rings is 1. The Morgan fingerprint density at radius 1 is 1.14 bits per heavy atom. The smallest absolute Gasteiger partial charge is 0.196 e. The summed E-state index contributed by atoms with van der Waals surface area (Å²) in [5.41, 5.74) is 2.81. The Balaban J connectivity index is 1.93. The highest BCUT2D eigenvalue weighted by molar-refractivity contribution is 5.81. The van der Waals surface area contributed by atoms with Gasteiger partial charge in [-0.1, -0.05) is 25.1 Å². The summed E-state index contributed by atoms with van der Waals surface area (Å²) in [6.07, 6.45) is 1.11. The van der Waals surface area contributed by atoms with Crippen LogP contribution in [0.25, 0.3) is 22.6 Å². The highest BCUT2D eigenvalue weighted by Gasteiger charge is 2.10. The molecular formula is C17H19N3O. The highest BCUT2D eigenvalue weighted by atomic mass is 16.3. The Morgan fingerprint density at radius 2 is 2.00 bits per heavy atom. The first-order valence-electron chi connectivity index (χ1n) is 7.30. The molecule has 0 atom stereocenters. The minimum atomic E-state index is 0.652. The van der Waals surface area contributed by atoms with Gasteiger partial charge in [-0.2, -0.15) is 0 Å². The second-order valence-electron chi connectivity index (χ2n) is 5.15. The molecule has 4 heteroatoms. The maximum atomic E-state index is 5.84. The quantitative estimate of drug-likeness (QED) is 0.724. The van der Waals surface area contributed by atoms with Crippen molar-refractivity contribution in [3.05, 3.63) is 47.8 Å². The molecule has 0 saturated carbocycles. The number of rotatable bonds is 5. The van der Waals surface area contributed by atoms with Gasteiger partial charge in [-0.15, -0.1) is 0 Å². The standard InChI is InChI=1S/C17H19N3O/c1-3-8-18-11-14-9-12(2)19-17(20-14)16-10-13-6-4-5-7-15(13)21-16/h4-7,9-10,18H,3,8,11H2,1-2H3. The molecule has 0 saturated heterocycles. The lowest BCUT2D eigenvalue weighted by molar-refractivity contribution is 0.620. The topological polar surface area (TPSA) is 51.0 Å². The number of hydrogen-bond acceptors (Lipinski definition) is 4. The van der Waals surface area contributed by atoms with Gasteiger partial charge in [0.15, 0.2) is 11.6 Å². The van der Waals surface area contributed by atoms with Crippen LogP contribution in [0.4, 0.5) is 0 Å². The molecular weight excluding hydrogens is 262 g/mol. The van der Waals surface area contributed by atoms with Crippen LogP contribution in [0, 0.1) is 6.92 Å². The van der Waals surface area contributed by atoms with E-state index in [4.69, 9.17) is 4.42 Å². The van der Waals surface area contributed by atoms with Gasteiger partial charge in [-0.25, -0.2) is 9.97 Å². The first kappa shape index (κ1) is 13.8. The van der Waals surface area contributed by atoms with Crippen molar-refractivity contribution >= 4 is 11.0 Å². The molecule has 0 unspecified atom stereocenters. The molecule has 1 N–H and O–H groups in total. The molecule has 0 amide bonds. The number of aryl methyl sites for hydroxylation is 1. The number of nitrogens with zero attached hydrogens (tertiary/aromatic N) is 2. The van der Waals surface area contributed by atoms with Gasteiger partial charge < -0.3 is 9.73 Å². The van der Waals surface area contributed by atoms with Crippen molar-refractivity contribution in [2.24, 2.45) is 0 Å². The molecule has 0 aliphatic rings. The van der Waals surface area contributed by atoms with Gasteiger partial charge in [-0.3, -0.25) is 0 Å². The van der Waals surface area contributed by atoms with Crippen LogP contribution in [-0.2, 0) is 6.54 Å². The maximum absolute atomic E-state index is 5.84. The second kappa shape index (κ2) is 6.06. The molecule has 3 aromatic rings. The van der Waals surface area contributed by atoms with Crippen LogP contribution >= 0.6 is 0 Å². The number of aromatic nitrogens is 2. The summed E-state index contributed by atoms with van der Waals surface area (Å²) in [7, 11) is 0. The molecule has 0 aliphatic carbocycles. The summed E-state index contributed by atoms with van der Waals surface area (Å²) in [4.78, 5) is 9.10. The van der Waals surface area contributed by atoms with Crippen LogP contribution < -0.4 is 5.32 Å². The van der Waals surface area contributed by atoms with E-state index in [-0.39, 0.29) is 0 Å². The second-order valence-corrected chi connectivity index (χ2v) is 5.15. The fraction of sp³-hybridized carbons (Fsp3) is 0.294. The third-order valence-corrected chi connectivity index (χ3v) is 3.29. The molecule has 4 nitrogen and oxygen atoms in total. The Bertz CT molecular complexity index is 716. The lowest BCUT2D eigenvalue weighted by atomic mass is 10.2. The molecule has 2 heterocycles. The van der Waals surface area contributed by atoms with E-state index >= 15 is 0 Å². The zero-order valence-electron chi connectivity index (χ0n) is 12.4. The Hall–Kier alpha value is -2.20. The molecule has 0 fully saturated rings. The van der Waals surface area contributed by atoms with E-state index in [9.17, 15) is 0 Å². The van der Waals surface area contributed by atoms with Crippen molar-refractivity contribution in [1.29, 1.82) is 0 Å². The van der Waals surface area contributed by atoms with Gasteiger partial charge >= 0.3 is 0 Å². The van der Waals surface area contributed by atoms with Crippen molar-refractivity contribution in [2.45, 2.75) is 26.8 Å². The fourth-order valence-electron chi connectivity index (χ4n) is 2.32. The van der Waals surface area contributed by atoms with Crippen molar-refractivity contribution in [3.8, 4) is 11.6 Å².